The molecule has 0 atom stereocenters. The number of anilines is 1. The van der Waals surface area contributed by atoms with Gasteiger partial charge in [-0.15, -0.1) is 16.8 Å². The quantitative estimate of drug-likeness (QED) is 0.247. The van der Waals surface area contributed by atoms with Crippen molar-refractivity contribution < 1.29 is 4.79 Å². The van der Waals surface area contributed by atoms with Crippen molar-refractivity contribution in [1.82, 2.24) is 14.8 Å². The summed E-state index contributed by atoms with van der Waals surface area (Å²) in [5.41, 5.74) is 1.74. The van der Waals surface area contributed by atoms with Crippen LogP contribution in [0.4, 0.5) is 5.69 Å². The minimum atomic E-state index is -0.0837. The number of halogens is 2. The number of rotatable bonds is 7. The van der Waals surface area contributed by atoms with Gasteiger partial charge in [-0.2, -0.15) is 0 Å². The Bertz CT molecular complexity index is 941. The molecule has 1 heterocycles. The number of hydrogen-bond donors (Lipinski definition) is 1. The summed E-state index contributed by atoms with van der Waals surface area (Å²) in [6, 6.07) is 15.6. The van der Waals surface area contributed by atoms with E-state index in [1.807, 2.05) is 53.1 Å². The Kier molecular flexibility index (Phi) is 7.08. The fraction of sp³-hybridized carbons (Fsp3) is 0.105. The zero-order chi connectivity index (χ0) is 19.2. The van der Waals surface area contributed by atoms with Crippen LogP contribution < -0.4 is 5.32 Å². The average molecular weight is 555 g/mol. The SMILES string of the molecule is C=CCn1c(SCC(=O)Nc2ccc(I)cc2)nnc1-c1ccc(Br)cc1. The minimum absolute atomic E-state index is 0.0837. The molecule has 0 spiro atoms. The van der Waals surface area contributed by atoms with Crippen molar-refractivity contribution in [3.63, 3.8) is 0 Å². The molecular formula is C19H16BrIN4OS. The first kappa shape index (κ1) is 20.1. The molecule has 0 saturated carbocycles. The maximum atomic E-state index is 12.2. The topological polar surface area (TPSA) is 59.8 Å². The Labute approximate surface area is 183 Å². The smallest absolute Gasteiger partial charge is 0.234 e. The van der Waals surface area contributed by atoms with Crippen molar-refractivity contribution in [1.29, 1.82) is 0 Å². The number of aromatic nitrogens is 3. The van der Waals surface area contributed by atoms with Crippen molar-refractivity contribution in [3.05, 3.63) is 69.2 Å². The van der Waals surface area contributed by atoms with E-state index in [2.05, 4.69) is 60.6 Å². The zero-order valence-corrected chi connectivity index (χ0v) is 18.8. The van der Waals surface area contributed by atoms with E-state index in [-0.39, 0.29) is 11.7 Å². The summed E-state index contributed by atoms with van der Waals surface area (Å²) in [7, 11) is 0. The average Bonchev–Trinajstić information content (AvgIpc) is 3.06. The van der Waals surface area contributed by atoms with E-state index >= 15 is 0 Å². The van der Waals surface area contributed by atoms with Crippen LogP contribution in [0.2, 0.25) is 0 Å². The number of nitrogens with one attached hydrogen (secondary N) is 1. The maximum Gasteiger partial charge on any atom is 0.234 e. The predicted octanol–water partition coefficient (Wildman–Crippen LogP) is 5.23. The van der Waals surface area contributed by atoms with Crippen LogP contribution in [-0.4, -0.2) is 26.4 Å². The van der Waals surface area contributed by atoms with Gasteiger partial charge in [0.05, 0.1) is 5.75 Å². The molecule has 0 bridgehead atoms. The highest BCUT2D eigenvalue weighted by atomic mass is 127. The Morgan fingerprint density at radius 2 is 1.89 bits per heavy atom. The molecule has 1 N–H and O–H groups in total. The second kappa shape index (κ2) is 9.52. The third-order valence-electron chi connectivity index (χ3n) is 3.59. The molecule has 2 aromatic carbocycles. The molecule has 0 aliphatic rings. The van der Waals surface area contributed by atoms with Gasteiger partial charge in [0.2, 0.25) is 5.91 Å². The van der Waals surface area contributed by atoms with Gasteiger partial charge in [-0.1, -0.05) is 45.9 Å². The molecule has 3 aromatic rings. The van der Waals surface area contributed by atoms with Crippen LogP contribution >= 0.6 is 50.3 Å². The summed E-state index contributed by atoms with van der Waals surface area (Å²) < 4.78 is 4.08. The lowest BCUT2D eigenvalue weighted by atomic mass is 10.2. The summed E-state index contributed by atoms with van der Waals surface area (Å²) in [4.78, 5) is 12.2. The van der Waals surface area contributed by atoms with Crippen molar-refractivity contribution in [2.24, 2.45) is 0 Å². The van der Waals surface area contributed by atoms with E-state index < -0.39 is 0 Å². The van der Waals surface area contributed by atoms with Crippen LogP contribution in [0.25, 0.3) is 11.4 Å². The first-order chi connectivity index (χ1) is 13.1. The van der Waals surface area contributed by atoms with Crippen molar-refractivity contribution in [2.75, 3.05) is 11.1 Å². The second-order valence-electron chi connectivity index (χ2n) is 5.56. The van der Waals surface area contributed by atoms with Crippen LogP contribution in [0.1, 0.15) is 0 Å². The molecule has 1 aromatic heterocycles. The van der Waals surface area contributed by atoms with Crippen LogP contribution in [0.5, 0.6) is 0 Å². The molecular weight excluding hydrogens is 539 g/mol. The van der Waals surface area contributed by atoms with Crippen LogP contribution in [-0.2, 0) is 11.3 Å². The molecule has 0 radical (unpaired) electrons. The van der Waals surface area contributed by atoms with Crippen molar-refractivity contribution in [3.8, 4) is 11.4 Å². The first-order valence-electron chi connectivity index (χ1n) is 8.05. The van der Waals surface area contributed by atoms with E-state index in [0.29, 0.717) is 11.7 Å². The van der Waals surface area contributed by atoms with Crippen LogP contribution in [0.3, 0.4) is 0 Å². The molecule has 3 rings (SSSR count). The van der Waals surface area contributed by atoms with Gasteiger partial charge in [0, 0.05) is 25.8 Å². The van der Waals surface area contributed by atoms with Crippen molar-refractivity contribution >= 4 is 61.9 Å². The lowest BCUT2D eigenvalue weighted by Crippen LogP contribution is -2.14. The lowest BCUT2D eigenvalue weighted by Gasteiger charge is -2.08. The number of carbonyl (C=O) groups excluding carboxylic acids is 1. The number of benzene rings is 2. The van der Waals surface area contributed by atoms with Gasteiger partial charge in [-0.05, 0) is 59.0 Å². The fourth-order valence-corrected chi connectivity index (χ4v) is 3.73. The van der Waals surface area contributed by atoms with Crippen molar-refractivity contribution in [2.45, 2.75) is 11.7 Å². The third-order valence-corrected chi connectivity index (χ3v) is 5.81. The second-order valence-corrected chi connectivity index (χ2v) is 8.66. The highest BCUT2D eigenvalue weighted by Crippen LogP contribution is 2.25. The van der Waals surface area contributed by atoms with Gasteiger partial charge < -0.3 is 5.32 Å². The molecule has 5 nitrogen and oxygen atoms in total. The number of thioether (sulfide) groups is 1. The summed E-state index contributed by atoms with van der Waals surface area (Å²) in [6.07, 6.45) is 1.79. The number of amides is 1. The molecule has 8 heteroatoms. The Hall–Kier alpha value is -1.65. The summed E-state index contributed by atoms with van der Waals surface area (Å²) in [6.45, 7) is 4.38. The number of hydrogen-bond acceptors (Lipinski definition) is 4. The summed E-state index contributed by atoms with van der Waals surface area (Å²) in [5.74, 6) is 0.921. The normalized spacial score (nSPS) is 10.6. The highest BCUT2D eigenvalue weighted by Gasteiger charge is 2.15. The molecule has 0 saturated heterocycles. The highest BCUT2D eigenvalue weighted by molar-refractivity contribution is 14.1. The van der Waals surface area contributed by atoms with Gasteiger partial charge in [-0.3, -0.25) is 9.36 Å². The standard InChI is InChI=1S/C19H16BrIN4OS/c1-2-11-25-18(13-3-5-14(20)6-4-13)23-24-19(25)27-12-17(26)22-16-9-7-15(21)8-10-16/h2-10H,1,11-12H2,(H,22,26). The van der Waals surface area contributed by atoms with E-state index in [1.54, 1.807) is 6.08 Å². The molecule has 0 fully saturated rings. The number of allylic oxidation sites excluding steroid dienone is 1. The van der Waals surface area contributed by atoms with E-state index in [0.717, 1.165) is 25.1 Å². The van der Waals surface area contributed by atoms with Gasteiger partial charge in [0.25, 0.3) is 0 Å². The predicted molar refractivity (Wildman–Crippen MR) is 122 cm³/mol. The largest absolute Gasteiger partial charge is 0.325 e. The van der Waals surface area contributed by atoms with Gasteiger partial charge in [-0.25, -0.2) is 0 Å². The van der Waals surface area contributed by atoms with E-state index in [9.17, 15) is 4.79 Å². The maximum absolute atomic E-state index is 12.2. The fourth-order valence-electron chi connectivity index (χ4n) is 2.36. The molecule has 0 aliphatic heterocycles. The summed E-state index contributed by atoms with van der Waals surface area (Å²) >= 11 is 7.02. The first-order valence-corrected chi connectivity index (χ1v) is 10.9. The molecule has 0 aliphatic carbocycles. The third kappa shape index (κ3) is 5.43. The zero-order valence-electron chi connectivity index (χ0n) is 14.2. The number of carbonyl (C=O) groups is 1. The number of nitrogens with zero attached hydrogens (tertiary/aromatic N) is 3. The van der Waals surface area contributed by atoms with Gasteiger partial charge in [0.15, 0.2) is 11.0 Å². The summed E-state index contributed by atoms with van der Waals surface area (Å²) in [5, 5.41) is 12.1. The molecule has 1 amide bonds. The van der Waals surface area contributed by atoms with E-state index in [4.69, 9.17) is 0 Å². The Balaban J connectivity index is 1.70. The monoisotopic (exact) mass is 554 g/mol. The minimum Gasteiger partial charge on any atom is -0.325 e. The Morgan fingerprint density at radius 3 is 2.56 bits per heavy atom. The van der Waals surface area contributed by atoms with Gasteiger partial charge >= 0.3 is 0 Å². The molecule has 0 unspecified atom stereocenters. The van der Waals surface area contributed by atoms with Gasteiger partial charge in [0.1, 0.15) is 0 Å². The Morgan fingerprint density at radius 1 is 1.19 bits per heavy atom. The lowest BCUT2D eigenvalue weighted by molar-refractivity contribution is -0.113. The van der Waals surface area contributed by atoms with E-state index in [1.165, 1.54) is 11.8 Å². The molecule has 27 heavy (non-hydrogen) atoms. The van der Waals surface area contributed by atoms with Crippen LogP contribution in [0.15, 0.2) is 70.8 Å². The molecule has 138 valence electrons. The van der Waals surface area contributed by atoms with Crippen LogP contribution in [0, 0.1) is 3.57 Å².